The molecule has 24 heavy (non-hydrogen) atoms. The van der Waals surface area contributed by atoms with Crippen LogP contribution in [0.4, 0.5) is 5.69 Å². The number of halogens is 1. The predicted molar refractivity (Wildman–Crippen MR) is 93.4 cm³/mol. The number of piperidine rings is 1. The van der Waals surface area contributed by atoms with Gasteiger partial charge < -0.3 is 10.0 Å². The number of carbonyl (C=O) groups excluding carboxylic acids is 1. The van der Waals surface area contributed by atoms with Gasteiger partial charge in [-0.1, -0.05) is 11.6 Å². The van der Waals surface area contributed by atoms with Gasteiger partial charge in [0.05, 0.1) is 6.04 Å². The van der Waals surface area contributed by atoms with E-state index in [0.717, 1.165) is 44.6 Å². The van der Waals surface area contributed by atoms with Crippen molar-refractivity contribution in [2.75, 3.05) is 24.5 Å². The number of rotatable bonds is 5. The number of nitrogens with zero attached hydrogens (tertiary/aromatic N) is 2. The number of hydrogen-bond donors (Lipinski definition) is 1. The van der Waals surface area contributed by atoms with E-state index < -0.39 is 5.97 Å². The number of carbonyl (C=O) groups is 2. The molecule has 2 unspecified atom stereocenters. The van der Waals surface area contributed by atoms with E-state index in [1.807, 2.05) is 17.0 Å². The Bertz CT molecular complexity index is 605. The first-order valence-electron chi connectivity index (χ1n) is 8.57. The zero-order chi connectivity index (χ0) is 17.1. The number of benzene rings is 1. The minimum Gasteiger partial charge on any atom is -0.481 e. The standard InChI is InChI=1S/C18H23ClN2O3/c19-14-4-6-15(7-5-14)21-11-9-16(18(21)24)20-10-1-2-13(12-20)3-8-17(22)23/h4-7,13,16H,1-3,8-12H2,(H,22,23). The second kappa shape index (κ2) is 7.53. The van der Waals surface area contributed by atoms with Crippen LogP contribution in [0.2, 0.25) is 5.02 Å². The molecule has 0 bridgehead atoms. The summed E-state index contributed by atoms with van der Waals surface area (Å²) >= 11 is 5.92. The highest BCUT2D eigenvalue weighted by molar-refractivity contribution is 6.30. The number of anilines is 1. The molecule has 1 amide bonds. The molecule has 0 aliphatic carbocycles. The van der Waals surface area contributed by atoms with Gasteiger partial charge in [-0.15, -0.1) is 0 Å². The number of likely N-dealkylation sites (tertiary alicyclic amines) is 1. The average Bonchev–Trinajstić information content (AvgIpc) is 2.95. The van der Waals surface area contributed by atoms with Crippen LogP contribution in [0, 0.1) is 5.92 Å². The summed E-state index contributed by atoms with van der Waals surface area (Å²) in [6.07, 6.45) is 3.84. The summed E-state index contributed by atoms with van der Waals surface area (Å²) in [4.78, 5) is 27.7. The largest absolute Gasteiger partial charge is 0.481 e. The first kappa shape index (κ1) is 17.2. The number of hydrogen-bond acceptors (Lipinski definition) is 3. The lowest BCUT2D eigenvalue weighted by molar-refractivity contribution is -0.137. The summed E-state index contributed by atoms with van der Waals surface area (Å²) in [6.45, 7) is 2.48. The van der Waals surface area contributed by atoms with Crippen LogP contribution in [0.1, 0.15) is 32.1 Å². The Labute approximate surface area is 147 Å². The van der Waals surface area contributed by atoms with Crippen LogP contribution >= 0.6 is 11.6 Å². The van der Waals surface area contributed by atoms with E-state index in [-0.39, 0.29) is 18.4 Å². The fourth-order valence-electron chi connectivity index (χ4n) is 3.82. The van der Waals surface area contributed by atoms with E-state index in [1.165, 1.54) is 0 Å². The van der Waals surface area contributed by atoms with Crippen molar-refractivity contribution in [2.24, 2.45) is 5.92 Å². The van der Waals surface area contributed by atoms with E-state index in [9.17, 15) is 9.59 Å². The van der Waals surface area contributed by atoms with E-state index in [2.05, 4.69) is 4.90 Å². The molecule has 1 aromatic carbocycles. The van der Waals surface area contributed by atoms with Crippen LogP contribution in [0.15, 0.2) is 24.3 Å². The molecule has 1 N–H and O–H groups in total. The van der Waals surface area contributed by atoms with Crippen LogP contribution in [0.5, 0.6) is 0 Å². The highest BCUT2D eigenvalue weighted by atomic mass is 35.5. The van der Waals surface area contributed by atoms with Crippen molar-refractivity contribution in [1.29, 1.82) is 0 Å². The minimum absolute atomic E-state index is 0.0756. The van der Waals surface area contributed by atoms with Crippen molar-refractivity contribution in [2.45, 2.75) is 38.1 Å². The molecule has 6 heteroatoms. The van der Waals surface area contributed by atoms with Crippen LogP contribution in [-0.2, 0) is 9.59 Å². The molecule has 0 spiro atoms. The fourth-order valence-corrected chi connectivity index (χ4v) is 3.95. The summed E-state index contributed by atoms with van der Waals surface area (Å²) in [5.74, 6) is -0.207. The number of carboxylic acid groups (broad SMARTS) is 1. The summed E-state index contributed by atoms with van der Waals surface area (Å²) < 4.78 is 0. The molecular formula is C18H23ClN2O3. The average molecular weight is 351 g/mol. The second-order valence-electron chi connectivity index (χ2n) is 6.71. The van der Waals surface area contributed by atoms with Crippen LogP contribution in [0.25, 0.3) is 0 Å². The minimum atomic E-state index is -0.738. The molecule has 2 aliphatic heterocycles. The molecule has 5 nitrogen and oxygen atoms in total. The van der Waals surface area contributed by atoms with Crippen LogP contribution in [-0.4, -0.2) is 47.6 Å². The van der Waals surface area contributed by atoms with Gasteiger partial charge >= 0.3 is 5.97 Å². The molecule has 2 atom stereocenters. The van der Waals surface area contributed by atoms with E-state index >= 15 is 0 Å². The highest BCUT2D eigenvalue weighted by Crippen LogP contribution is 2.29. The topological polar surface area (TPSA) is 60.9 Å². The zero-order valence-corrected chi connectivity index (χ0v) is 14.4. The number of aliphatic carboxylic acids is 1. The quantitative estimate of drug-likeness (QED) is 0.886. The molecular weight excluding hydrogens is 328 g/mol. The number of amides is 1. The Balaban J connectivity index is 1.62. The smallest absolute Gasteiger partial charge is 0.303 e. The van der Waals surface area contributed by atoms with Crippen molar-refractivity contribution < 1.29 is 14.7 Å². The third-order valence-corrected chi connectivity index (χ3v) is 5.33. The van der Waals surface area contributed by atoms with Crippen molar-refractivity contribution in [3.63, 3.8) is 0 Å². The highest BCUT2D eigenvalue weighted by Gasteiger charge is 2.38. The molecule has 0 saturated carbocycles. The normalized spacial score (nSPS) is 25.2. The van der Waals surface area contributed by atoms with Crippen molar-refractivity contribution in [3.05, 3.63) is 29.3 Å². The van der Waals surface area contributed by atoms with Crippen molar-refractivity contribution >= 4 is 29.2 Å². The van der Waals surface area contributed by atoms with Crippen LogP contribution in [0.3, 0.4) is 0 Å². The van der Waals surface area contributed by atoms with Gasteiger partial charge in [0, 0.05) is 30.2 Å². The maximum Gasteiger partial charge on any atom is 0.303 e. The fraction of sp³-hybridized carbons (Fsp3) is 0.556. The Morgan fingerprint density at radius 2 is 1.96 bits per heavy atom. The molecule has 2 fully saturated rings. The Kier molecular flexibility index (Phi) is 5.41. The molecule has 3 rings (SSSR count). The molecule has 0 aromatic heterocycles. The lowest BCUT2D eigenvalue weighted by atomic mass is 9.92. The molecule has 2 aliphatic rings. The van der Waals surface area contributed by atoms with Gasteiger partial charge in [-0.3, -0.25) is 14.5 Å². The molecule has 2 heterocycles. The maximum absolute atomic E-state index is 12.8. The van der Waals surface area contributed by atoms with Gasteiger partial charge in [-0.25, -0.2) is 0 Å². The van der Waals surface area contributed by atoms with Gasteiger partial charge in [0.2, 0.25) is 5.91 Å². The third kappa shape index (κ3) is 3.90. The van der Waals surface area contributed by atoms with Gasteiger partial charge in [0.25, 0.3) is 0 Å². The van der Waals surface area contributed by atoms with Gasteiger partial charge in [0.1, 0.15) is 0 Å². The maximum atomic E-state index is 12.8. The Hall–Kier alpha value is -1.59. The first-order chi connectivity index (χ1) is 11.5. The molecule has 2 saturated heterocycles. The van der Waals surface area contributed by atoms with E-state index in [0.29, 0.717) is 17.4 Å². The summed E-state index contributed by atoms with van der Waals surface area (Å²) in [6, 6.07) is 7.30. The third-order valence-electron chi connectivity index (χ3n) is 5.07. The molecule has 130 valence electrons. The van der Waals surface area contributed by atoms with Crippen molar-refractivity contribution in [3.8, 4) is 0 Å². The summed E-state index contributed by atoms with van der Waals surface area (Å²) in [5.41, 5.74) is 0.895. The Morgan fingerprint density at radius 3 is 2.67 bits per heavy atom. The van der Waals surface area contributed by atoms with Gasteiger partial charge in [-0.2, -0.15) is 0 Å². The Morgan fingerprint density at radius 1 is 1.21 bits per heavy atom. The SMILES string of the molecule is O=C(O)CCC1CCCN(C2CCN(c3ccc(Cl)cc3)C2=O)C1. The summed E-state index contributed by atoms with van der Waals surface area (Å²) in [5, 5.41) is 9.53. The van der Waals surface area contributed by atoms with Gasteiger partial charge in [0.15, 0.2) is 0 Å². The predicted octanol–water partition coefficient (Wildman–Crippen LogP) is 3.02. The monoisotopic (exact) mass is 350 g/mol. The first-order valence-corrected chi connectivity index (χ1v) is 8.95. The lowest BCUT2D eigenvalue weighted by Gasteiger charge is -2.35. The van der Waals surface area contributed by atoms with Crippen LogP contribution < -0.4 is 4.90 Å². The molecule has 1 aromatic rings. The lowest BCUT2D eigenvalue weighted by Crippen LogP contribution is -2.46. The van der Waals surface area contributed by atoms with Crippen molar-refractivity contribution in [1.82, 2.24) is 4.90 Å². The second-order valence-corrected chi connectivity index (χ2v) is 7.14. The van der Waals surface area contributed by atoms with E-state index in [1.54, 1.807) is 12.1 Å². The summed E-state index contributed by atoms with van der Waals surface area (Å²) in [7, 11) is 0. The van der Waals surface area contributed by atoms with E-state index in [4.69, 9.17) is 16.7 Å². The van der Waals surface area contributed by atoms with Gasteiger partial charge in [-0.05, 0) is 62.4 Å². The zero-order valence-electron chi connectivity index (χ0n) is 13.7. The molecule has 0 radical (unpaired) electrons. The number of carboxylic acids is 1.